The maximum atomic E-state index is 12.8. The molecule has 0 aliphatic heterocycles. The fourth-order valence-corrected chi connectivity index (χ4v) is 1.75. The average Bonchev–Trinajstić information content (AvgIpc) is 2.29. The third-order valence-corrected chi connectivity index (χ3v) is 2.70. The summed E-state index contributed by atoms with van der Waals surface area (Å²) in [4.78, 5) is 1.83. The van der Waals surface area contributed by atoms with E-state index in [9.17, 15) is 13.2 Å². The molecule has 0 aliphatic carbocycles. The molecule has 0 bridgehead atoms. The molecule has 1 rings (SSSR count). The van der Waals surface area contributed by atoms with Crippen LogP contribution in [0.5, 0.6) is 0 Å². The van der Waals surface area contributed by atoms with E-state index >= 15 is 0 Å². The van der Waals surface area contributed by atoms with Gasteiger partial charge in [-0.3, -0.25) is 0 Å². The number of hydrogen-bond donors (Lipinski definition) is 1. The number of nitrogens with zero attached hydrogens (tertiary/aromatic N) is 1. The molecule has 0 fully saturated rings. The molecule has 0 atom stereocenters. The van der Waals surface area contributed by atoms with Gasteiger partial charge in [0.25, 0.3) is 0 Å². The van der Waals surface area contributed by atoms with E-state index in [1.165, 1.54) is 6.07 Å². The van der Waals surface area contributed by atoms with Gasteiger partial charge in [-0.1, -0.05) is 6.07 Å². The molecular weight excluding hydrogens is 231 g/mol. The van der Waals surface area contributed by atoms with Crippen molar-refractivity contribution in [1.29, 1.82) is 0 Å². The van der Waals surface area contributed by atoms with Gasteiger partial charge in [-0.25, -0.2) is 0 Å². The van der Waals surface area contributed by atoms with Gasteiger partial charge in [0.15, 0.2) is 0 Å². The molecule has 2 nitrogen and oxygen atoms in total. The first-order valence-corrected chi connectivity index (χ1v) is 5.50. The Kier molecular flexibility index (Phi) is 4.40. The van der Waals surface area contributed by atoms with Crippen molar-refractivity contribution in [1.82, 2.24) is 0 Å². The first-order valence-electron chi connectivity index (χ1n) is 5.50. The molecule has 1 aromatic rings. The Morgan fingerprint density at radius 1 is 1.18 bits per heavy atom. The Morgan fingerprint density at radius 3 is 2.18 bits per heavy atom. The summed E-state index contributed by atoms with van der Waals surface area (Å²) >= 11 is 0. The minimum absolute atomic E-state index is 0.0894. The van der Waals surface area contributed by atoms with Gasteiger partial charge in [-0.15, -0.1) is 0 Å². The SMILES string of the molecule is CCN(CC)c1ccc(CO)c(C(F)(F)F)c1. The van der Waals surface area contributed by atoms with Crippen molar-refractivity contribution < 1.29 is 18.3 Å². The molecule has 0 saturated heterocycles. The highest BCUT2D eigenvalue weighted by molar-refractivity contribution is 5.51. The fraction of sp³-hybridized carbons (Fsp3) is 0.500. The Morgan fingerprint density at radius 2 is 1.76 bits per heavy atom. The van der Waals surface area contributed by atoms with Gasteiger partial charge in [0.2, 0.25) is 0 Å². The number of aliphatic hydroxyl groups is 1. The molecule has 0 unspecified atom stereocenters. The van der Waals surface area contributed by atoms with E-state index in [-0.39, 0.29) is 5.56 Å². The summed E-state index contributed by atoms with van der Waals surface area (Å²) in [6.45, 7) is 4.46. The highest BCUT2D eigenvalue weighted by atomic mass is 19.4. The summed E-state index contributed by atoms with van der Waals surface area (Å²) in [5, 5.41) is 8.91. The smallest absolute Gasteiger partial charge is 0.392 e. The Labute approximate surface area is 98.7 Å². The molecule has 0 saturated carbocycles. The van der Waals surface area contributed by atoms with Crippen molar-refractivity contribution in [3.8, 4) is 0 Å². The van der Waals surface area contributed by atoms with E-state index in [0.29, 0.717) is 18.8 Å². The van der Waals surface area contributed by atoms with Crippen LogP contribution >= 0.6 is 0 Å². The van der Waals surface area contributed by atoms with Crippen LogP contribution in [0.15, 0.2) is 18.2 Å². The predicted molar refractivity (Wildman–Crippen MR) is 60.9 cm³/mol. The zero-order chi connectivity index (χ0) is 13.1. The van der Waals surface area contributed by atoms with Crippen LogP contribution < -0.4 is 4.90 Å². The number of benzene rings is 1. The number of hydrogen-bond acceptors (Lipinski definition) is 2. The zero-order valence-electron chi connectivity index (χ0n) is 9.88. The average molecular weight is 247 g/mol. The second-order valence-electron chi connectivity index (χ2n) is 3.67. The molecule has 0 aromatic heterocycles. The van der Waals surface area contributed by atoms with Gasteiger partial charge < -0.3 is 10.0 Å². The molecule has 0 spiro atoms. The molecule has 96 valence electrons. The Balaban J connectivity index is 3.22. The van der Waals surface area contributed by atoms with Crippen LogP contribution in [0, 0.1) is 0 Å². The summed E-state index contributed by atoms with van der Waals surface area (Å²) in [6.07, 6.45) is -4.43. The quantitative estimate of drug-likeness (QED) is 0.884. The van der Waals surface area contributed by atoms with Gasteiger partial charge in [-0.05, 0) is 31.5 Å². The minimum Gasteiger partial charge on any atom is -0.392 e. The second kappa shape index (κ2) is 5.40. The number of rotatable bonds is 4. The van der Waals surface area contributed by atoms with E-state index in [1.54, 1.807) is 6.07 Å². The van der Waals surface area contributed by atoms with E-state index in [4.69, 9.17) is 5.11 Å². The van der Waals surface area contributed by atoms with Crippen LogP contribution in [0.2, 0.25) is 0 Å². The molecule has 0 heterocycles. The van der Waals surface area contributed by atoms with Gasteiger partial charge in [0, 0.05) is 18.8 Å². The molecule has 5 heteroatoms. The predicted octanol–water partition coefficient (Wildman–Crippen LogP) is 3.04. The maximum Gasteiger partial charge on any atom is 0.416 e. The monoisotopic (exact) mass is 247 g/mol. The third-order valence-electron chi connectivity index (χ3n) is 2.70. The van der Waals surface area contributed by atoms with Crippen LogP contribution in [0.25, 0.3) is 0 Å². The maximum absolute atomic E-state index is 12.8. The lowest BCUT2D eigenvalue weighted by molar-refractivity contribution is -0.138. The lowest BCUT2D eigenvalue weighted by Gasteiger charge is -2.23. The molecule has 17 heavy (non-hydrogen) atoms. The molecule has 0 radical (unpaired) electrons. The zero-order valence-corrected chi connectivity index (χ0v) is 9.88. The highest BCUT2D eigenvalue weighted by Gasteiger charge is 2.33. The summed E-state index contributed by atoms with van der Waals surface area (Å²) in [6, 6.07) is 4.03. The van der Waals surface area contributed by atoms with E-state index in [0.717, 1.165) is 6.07 Å². The number of halogens is 3. The fourth-order valence-electron chi connectivity index (χ4n) is 1.75. The molecule has 1 N–H and O–H groups in total. The van der Waals surface area contributed by atoms with Crippen molar-refractivity contribution in [3.05, 3.63) is 29.3 Å². The largest absolute Gasteiger partial charge is 0.416 e. The van der Waals surface area contributed by atoms with Crippen molar-refractivity contribution >= 4 is 5.69 Å². The first-order chi connectivity index (χ1) is 7.93. The second-order valence-corrected chi connectivity index (χ2v) is 3.67. The van der Waals surface area contributed by atoms with Crippen molar-refractivity contribution in [2.75, 3.05) is 18.0 Å². The van der Waals surface area contributed by atoms with Crippen LogP contribution in [-0.2, 0) is 12.8 Å². The van der Waals surface area contributed by atoms with Gasteiger partial charge in [-0.2, -0.15) is 13.2 Å². The van der Waals surface area contributed by atoms with E-state index < -0.39 is 18.3 Å². The van der Waals surface area contributed by atoms with Crippen LogP contribution in [-0.4, -0.2) is 18.2 Å². The normalized spacial score (nSPS) is 11.6. The van der Waals surface area contributed by atoms with Gasteiger partial charge in [0.1, 0.15) is 0 Å². The van der Waals surface area contributed by atoms with Gasteiger partial charge in [0.05, 0.1) is 12.2 Å². The van der Waals surface area contributed by atoms with Gasteiger partial charge >= 0.3 is 6.18 Å². The van der Waals surface area contributed by atoms with Crippen molar-refractivity contribution in [2.45, 2.75) is 26.6 Å². The molecule has 0 amide bonds. The summed E-state index contributed by atoms with van der Waals surface area (Å²) in [7, 11) is 0. The first kappa shape index (κ1) is 13.8. The summed E-state index contributed by atoms with van der Waals surface area (Å²) < 4.78 is 38.3. The van der Waals surface area contributed by atoms with Crippen LogP contribution in [0.1, 0.15) is 25.0 Å². The lowest BCUT2D eigenvalue weighted by Crippen LogP contribution is -2.22. The van der Waals surface area contributed by atoms with Crippen molar-refractivity contribution in [2.24, 2.45) is 0 Å². The Hall–Kier alpha value is -1.23. The van der Waals surface area contributed by atoms with Crippen LogP contribution in [0.3, 0.4) is 0 Å². The third kappa shape index (κ3) is 3.12. The lowest BCUT2D eigenvalue weighted by atomic mass is 10.1. The number of anilines is 1. The molecular formula is C12H16F3NO. The summed E-state index contributed by atoms with van der Waals surface area (Å²) in [5.74, 6) is 0. The Bertz CT molecular complexity index is 373. The molecule has 1 aromatic carbocycles. The van der Waals surface area contributed by atoms with Crippen LogP contribution in [0.4, 0.5) is 18.9 Å². The minimum atomic E-state index is -4.43. The topological polar surface area (TPSA) is 23.5 Å². The highest BCUT2D eigenvalue weighted by Crippen LogP contribution is 2.34. The molecule has 0 aliphatic rings. The number of aliphatic hydroxyl groups excluding tert-OH is 1. The summed E-state index contributed by atoms with van der Waals surface area (Å²) in [5.41, 5.74) is -0.322. The van der Waals surface area contributed by atoms with E-state index in [2.05, 4.69) is 0 Å². The standard InChI is InChI=1S/C12H16F3NO/c1-3-16(4-2)10-6-5-9(8-17)11(7-10)12(13,14)15/h5-7,17H,3-4,8H2,1-2H3. The number of alkyl halides is 3. The van der Waals surface area contributed by atoms with Crippen molar-refractivity contribution in [3.63, 3.8) is 0 Å². The van der Waals surface area contributed by atoms with E-state index in [1.807, 2.05) is 18.7 Å².